The number of carbonyl (C=O) groups excluding carboxylic acids is 1. The molecule has 0 heterocycles. The number of halogens is 1. The topological polar surface area (TPSA) is 58.6 Å². The van der Waals surface area contributed by atoms with Gasteiger partial charge in [0.25, 0.3) is 0 Å². The summed E-state index contributed by atoms with van der Waals surface area (Å²) in [6, 6.07) is 4.08. The Labute approximate surface area is 111 Å². The van der Waals surface area contributed by atoms with Crippen LogP contribution in [0.4, 0.5) is 4.39 Å². The van der Waals surface area contributed by atoms with Crippen LogP contribution in [0, 0.1) is 5.82 Å². The van der Waals surface area contributed by atoms with Gasteiger partial charge in [-0.3, -0.25) is 4.79 Å². The zero-order valence-corrected chi connectivity index (χ0v) is 11.0. The van der Waals surface area contributed by atoms with Gasteiger partial charge >= 0.3 is 0 Å². The minimum absolute atomic E-state index is 0.0968. The van der Waals surface area contributed by atoms with Gasteiger partial charge in [0.1, 0.15) is 0 Å². The Morgan fingerprint density at radius 3 is 2.89 bits per heavy atom. The van der Waals surface area contributed by atoms with Crippen molar-refractivity contribution < 1.29 is 19.0 Å². The van der Waals surface area contributed by atoms with Gasteiger partial charge in [-0.25, -0.2) is 4.39 Å². The summed E-state index contributed by atoms with van der Waals surface area (Å²) in [5, 5.41) is 11.6. The van der Waals surface area contributed by atoms with Crippen molar-refractivity contribution in [3.05, 3.63) is 35.7 Å². The number of nitrogens with one attached hydrogen (secondary N) is 1. The van der Waals surface area contributed by atoms with E-state index in [0.29, 0.717) is 12.0 Å². The molecular formula is C14H18FNO3. The lowest BCUT2D eigenvalue weighted by Crippen LogP contribution is -2.35. The lowest BCUT2D eigenvalue weighted by molar-refractivity contribution is -0.117. The zero-order valence-electron chi connectivity index (χ0n) is 11.0. The average molecular weight is 267 g/mol. The van der Waals surface area contributed by atoms with E-state index in [2.05, 4.69) is 5.32 Å². The molecule has 0 bridgehead atoms. The molecule has 5 heteroatoms. The first kappa shape index (κ1) is 15.2. The van der Waals surface area contributed by atoms with Gasteiger partial charge in [-0.1, -0.05) is 13.0 Å². The molecule has 0 spiro atoms. The summed E-state index contributed by atoms with van der Waals surface area (Å²) in [6.45, 7) is 1.77. The van der Waals surface area contributed by atoms with Crippen molar-refractivity contribution in [3.8, 4) is 5.75 Å². The van der Waals surface area contributed by atoms with Gasteiger partial charge in [-0.2, -0.15) is 0 Å². The van der Waals surface area contributed by atoms with E-state index in [1.165, 1.54) is 25.3 Å². The smallest absolute Gasteiger partial charge is 0.244 e. The first-order valence-corrected chi connectivity index (χ1v) is 6.03. The molecule has 1 unspecified atom stereocenters. The fraction of sp³-hybridized carbons (Fsp3) is 0.357. The number of hydrogen-bond acceptors (Lipinski definition) is 3. The number of carbonyl (C=O) groups is 1. The summed E-state index contributed by atoms with van der Waals surface area (Å²) in [5.74, 6) is -0.621. The zero-order chi connectivity index (χ0) is 14.3. The third-order valence-corrected chi connectivity index (χ3v) is 2.66. The number of ether oxygens (including phenoxy) is 1. The van der Waals surface area contributed by atoms with Crippen LogP contribution >= 0.6 is 0 Å². The van der Waals surface area contributed by atoms with Crippen LogP contribution in [-0.2, 0) is 4.79 Å². The molecule has 0 fully saturated rings. The highest BCUT2D eigenvalue weighted by atomic mass is 19.1. The highest BCUT2D eigenvalue weighted by molar-refractivity contribution is 5.91. The van der Waals surface area contributed by atoms with Crippen LogP contribution in [-0.4, -0.2) is 30.8 Å². The van der Waals surface area contributed by atoms with Gasteiger partial charge in [-0.05, 0) is 30.2 Å². The van der Waals surface area contributed by atoms with Gasteiger partial charge in [-0.15, -0.1) is 0 Å². The number of hydrogen-bond donors (Lipinski definition) is 2. The first-order chi connectivity index (χ1) is 9.10. The maximum atomic E-state index is 13.2. The van der Waals surface area contributed by atoms with Crippen molar-refractivity contribution in [3.63, 3.8) is 0 Å². The molecule has 0 aliphatic heterocycles. The molecule has 0 radical (unpaired) electrons. The van der Waals surface area contributed by atoms with E-state index in [-0.39, 0.29) is 24.3 Å². The fourth-order valence-corrected chi connectivity index (χ4v) is 1.48. The maximum absolute atomic E-state index is 13.2. The molecule has 19 heavy (non-hydrogen) atoms. The second kappa shape index (κ2) is 7.53. The largest absolute Gasteiger partial charge is 0.494 e. The summed E-state index contributed by atoms with van der Waals surface area (Å²) >= 11 is 0. The number of rotatable bonds is 6. The summed E-state index contributed by atoms with van der Waals surface area (Å²) in [7, 11) is 1.38. The molecule has 4 nitrogen and oxygen atoms in total. The Bertz CT molecular complexity index is 456. The minimum atomic E-state index is -0.449. The van der Waals surface area contributed by atoms with Crippen LogP contribution in [0.25, 0.3) is 6.08 Å². The number of aliphatic hydroxyl groups excluding tert-OH is 1. The predicted octanol–water partition coefficient (Wildman–Crippen LogP) is 1.73. The summed E-state index contributed by atoms with van der Waals surface area (Å²) in [5.41, 5.74) is 0.658. The van der Waals surface area contributed by atoms with E-state index in [9.17, 15) is 9.18 Å². The molecule has 0 saturated heterocycles. The van der Waals surface area contributed by atoms with Crippen molar-refractivity contribution in [1.82, 2.24) is 5.32 Å². The lowest BCUT2D eigenvalue weighted by atomic mass is 10.2. The van der Waals surface area contributed by atoms with Gasteiger partial charge in [0, 0.05) is 6.08 Å². The summed E-state index contributed by atoms with van der Waals surface area (Å²) < 4.78 is 18.0. The monoisotopic (exact) mass is 267 g/mol. The van der Waals surface area contributed by atoms with Crippen molar-refractivity contribution in [2.75, 3.05) is 13.7 Å². The fourth-order valence-electron chi connectivity index (χ4n) is 1.48. The van der Waals surface area contributed by atoms with Crippen molar-refractivity contribution in [2.24, 2.45) is 0 Å². The van der Waals surface area contributed by atoms with Crippen LogP contribution in [0.15, 0.2) is 24.3 Å². The van der Waals surface area contributed by atoms with Gasteiger partial charge in [0.15, 0.2) is 11.6 Å². The summed E-state index contributed by atoms with van der Waals surface area (Å²) in [6.07, 6.45) is 3.55. The second-order valence-electron chi connectivity index (χ2n) is 4.02. The molecule has 1 aromatic carbocycles. The van der Waals surface area contributed by atoms with Gasteiger partial charge < -0.3 is 15.2 Å². The summed E-state index contributed by atoms with van der Waals surface area (Å²) in [4.78, 5) is 11.6. The number of methoxy groups -OCH3 is 1. The number of benzene rings is 1. The normalized spacial score (nSPS) is 12.4. The van der Waals surface area contributed by atoms with E-state index in [0.717, 1.165) is 0 Å². The van der Waals surface area contributed by atoms with Crippen LogP contribution in [0.2, 0.25) is 0 Å². The first-order valence-electron chi connectivity index (χ1n) is 6.03. The highest BCUT2D eigenvalue weighted by Crippen LogP contribution is 2.18. The van der Waals surface area contributed by atoms with Crippen molar-refractivity contribution in [2.45, 2.75) is 19.4 Å². The average Bonchev–Trinajstić information content (AvgIpc) is 2.43. The highest BCUT2D eigenvalue weighted by Gasteiger charge is 2.06. The third kappa shape index (κ3) is 4.71. The molecular weight excluding hydrogens is 249 g/mol. The Morgan fingerprint density at radius 1 is 1.58 bits per heavy atom. The Morgan fingerprint density at radius 2 is 2.32 bits per heavy atom. The Balaban J connectivity index is 2.68. The van der Waals surface area contributed by atoms with E-state index in [4.69, 9.17) is 9.84 Å². The molecule has 1 atom stereocenters. The maximum Gasteiger partial charge on any atom is 0.244 e. The molecule has 104 valence electrons. The number of amides is 1. The molecule has 0 saturated carbocycles. The van der Waals surface area contributed by atoms with E-state index < -0.39 is 5.82 Å². The Hall–Kier alpha value is -1.88. The van der Waals surface area contributed by atoms with Gasteiger partial charge in [0.2, 0.25) is 5.91 Å². The Kier molecular flexibility index (Phi) is 6.02. The number of aliphatic hydroxyl groups is 1. The van der Waals surface area contributed by atoms with Crippen LogP contribution in [0.1, 0.15) is 18.9 Å². The van der Waals surface area contributed by atoms with Crippen molar-refractivity contribution in [1.29, 1.82) is 0 Å². The van der Waals surface area contributed by atoms with Crippen molar-refractivity contribution >= 4 is 12.0 Å². The molecule has 0 aliphatic rings. The van der Waals surface area contributed by atoms with E-state index >= 15 is 0 Å². The van der Waals surface area contributed by atoms with E-state index in [1.807, 2.05) is 6.92 Å². The van der Waals surface area contributed by atoms with Crippen LogP contribution < -0.4 is 10.1 Å². The molecule has 0 aromatic heterocycles. The second-order valence-corrected chi connectivity index (χ2v) is 4.02. The third-order valence-electron chi connectivity index (χ3n) is 2.66. The van der Waals surface area contributed by atoms with Gasteiger partial charge in [0.05, 0.1) is 19.8 Å². The minimum Gasteiger partial charge on any atom is -0.494 e. The molecule has 1 amide bonds. The predicted molar refractivity (Wildman–Crippen MR) is 71.3 cm³/mol. The van der Waals surface area contributed by atoms with Crippen LogP contribution in [0.3, 0.4) is 0 Å². The standard InChI is InChI=1S/C14H18FNO3/c1-3-11(9-17)16-14(18)7-5-10-4-6-12(15)13(8-10)19-2/h4-8,11,17H,3,9H2,1-2H3,(H,16,18)/b7-5+. The molecule has 0 aliphatic carbocycles. The van der Waals surface area contributed by atoms with E-state index in [1.54, 1.807) is 12.1 Å². The SMILES string of the molecule is CCC(CO)NC(=O)/C=C/c1ccc(F)c(OC)c1. The molecule has 1 aromatic rings. The quantitative estimate of drug-likeness (QED) is 0.772. The molecule has 2 N–H and O–H groups in total. The lowest BCUT2D eigenvalue weighted by Gasteiger charge is -2.11. The van der Waals surface area contributed by atoms with Crippen LogP contribution in [0.5, 0.6) is 5.75 Å². The molecule has 1 rings (SSSR count).